The minimum Gasteiger partial charge on any atom is -0.238 e. The fraction of sp³-hybridized carbons (Fsp3) is 0.0732. The Labute approximate surface area is 786 Å². The lowest BCUT2D eigenvalue weighted by Crippen LogP contribution is -2.14. The Kier molecular flexibility index (Phi) is 22.0. The van der Waals surface area contributed by atoms with Crippen LogP contribution in [0.1, 0.15) is 74.9 Å². The normalized spacial score (nSPS) is 12.7. The smallest absolute Gasteiger partial charge is 0.195 e. The summed E-state index contributed by atoms with van der Waals surface area (Å²) in [5, 5.41) is 0. The fourth-order valence-corrected chi connectivity index (χ4v) is 19.2. The number of fused-ring (bicyclic) bond motifs is 9. The zero-order valence-electron chi connectivity index (χ0n) is 75.1. The van der Waals surface area contributed by atoms with Gasteiger partial charge in [0.2, 0.25) is 0 Å². The van der Waals surface area contributed by atoms with E-state index in [1.807, 2.05) is 188 Å². The molecule has 0 atom stereocenters. The van der Waals surface area contributed by atoms with E-state index in [2.05, 4.69) is 281 Å². The van der Waals surface area contributed by atoms with E-state index in [9.17, 15) is 0 Å². The second-order valence-electron chi connectivity index (χ2n) is 35.6. The lowest BCUT2D eigenvalue weighted by molar-refractivity contribution is 0.660. The maximum atomic E-state index is 7.84. The molecular weight excluding hydrogens is 1650 g/mol. The second-order valence-corrected chi connectivity index (χ2v) is 35.6. The summed E-state index contributed by atoms with van der Waals surface area (Å²) in [5.41, 5.74) is 34.9. The van der Waals surface area contributed by atoms with Crippen molar-refractivity contribution in [2.75, 3.05) is 0 Å². The molecular formula is C123H86N12. The standard InChI is InChI=1S/2C43H30N4.C37H26N4/c1-43(2)36-24-23-32(27-35(36)39-37(43)21-12-22-38(39)44-3)31-18-11-20-34(26-31)42-46-40(29-15-8-5-9-16-29)45-41(47-42)33-19-10-17-30(25-33)28-13-6-4-7-14-28;1-43(2)36-25-24-33(27-35(36)39-37(43)18-11-19-38(39)44-3)32-16-10-17-34(26-32)42-46-40(30-14-8-5-9-15-30)45-41(47-42)31-22-20-29(21-23-31)28-12-6-4-7-13-28;1-37(2)30-21-20-27(23-29(30)33-31(37)18-11-19-32(33)38-3)26-16-10-17-28(22-26)36-40-34(24-12-6-4-7-13-24)39-35(41-36)25-14-8-5-9-15-25/h2*4-27H,1-2H3;4-23H,1-2H3. The molecule has 0 unspecified atom stereocenters. The highest BCUT2D eigenvalue weighted by Gasteiger charge is 2.40. The van der Waals surface area contributed by atoms with Crippen molar-refractivity contribution in [2.24, 2.45) is 0 Å². The number of hydrogen-bond donors (Lipinski definition) is 0. The number of aromatic nitrogens is 9. The van der Waals surface area contributed by atoms with Gasteiger partial charge in [0.05, 0.1) is 19.7 Å². The van der Waals surface area contributed by atoms with Crippen molar-refractivity contribution in [1.29, 1.82) is 0 Å². The summed E-state index contributed by atoms with van der Waals surface area (Å²) in [6, 6.07) is 141. The first-order chi connectivity index (χ1) is 66.0. The number of benzene rings is 17. The summed E-state index contributed by atoms with van der Waals surface area (Å²) in [7, 11) is 0. The van der Waals surface area contributed by atoms with Crippen LogP contribution in [0.25, 0.3) is 206 Å². The van der Waals surface area contributed by atoms with Gasteiger partial charge in [0.1, 0.15) is 0 Å². The Morgan fingerprint density at radius 3 is 0.578 bits per heavy atom. The van der Waals surface area contributed by atoms with Gasteiger partial charge in [-0.1, -0.05) is 412 Å². The molecule has 3 aromatic heterocycles. The Bertz CT molecular complexity index is 8080. The van der Waals surface area contributed by atoms with Gasteiger partial charge in [-0.3, -0.25) is 0 Å². The van der Waals surface area contributed by atoms with Crippen molar-refractivity contribution < 1.29 is 0 Å². The first-order valence-corrected chi connectivity index (χ1v) is 45.1. The molecule has 0 saturated heterocycles. The fourth-order valence-electron chi connectivity index (χ4n) is 19.2. The average Bonchev–Trinajstić information content (AvgIpc) is 1.58. The Morgan fingerprint density at radius 1 is 0.156 bits per heavy atom. The quantitative estimate of drug-likeness (QED) is 0.0977. The monoisotopic (exact) mass is 1730 g/mol. The van der Waals surface area contributed by atoms with Gasteiger partial charge in [0.15, 0.2) is 69.5 Å². The second kappa shape index (κ2) is 35.3. The molecule has 17 aromatic carbocycles. The van der Waals surface area contributed by atoms with Gasteiger partial charge >= 0.3 is 0 Å². The molecule has 0 fully saturated rings. The highest BCUT2D eigenvalue weighted by molar-refractivity contribution is 5.96. The molecule has 0 spiro atoms. The van der Waals surface area contributed by atoms with Crippen molar-refractivity contribution >= 4 is 17.1 Å². The van der Waals surface area contributed by atoms with Gasteiger partial charge < -0.3 is 0 Å². The van der Waals surface area contributed by atoms with E-state index in [-0.39, 0.29) is 16.2 Å². The number of nitrogens with zero attached hydrogens (tertiary/aromatic N) is 12. The highest BCUT2D eigenvalue weighted by atomic mass is 15.1. The molecule has 0 aliphatic heterocycles. The summed E-state index contributed by atoms with van der Waals surface area (Å²) in [6.45, 7) is 36.9. The summed E-state index contributed by atoms with van der Waals surface area (Å²) in [4.78, 5) is 56.2. The lowest BCUT2D eigenvalue weighted by Gasteiger charge is -2.21. The van der Waals surface area contributed by atoms with Crippen LogP contribution in [0.3, 0.4) is 0 Å². The van der Waals surface area contributed by atoms with Crippen LogP contribution in [-0.4, -0.2) is 44.9 Å². The summed E-state index contributed by atoms with van der Waals surface area (Å²) < 4.78 is 0. The molecule has 20 aromatic rings. The largest absolute Gasteiger partial charge is 0.238 e. The Morgan fingerprint density at radius 2 is 0.326 bits per heavy atom. The molecule has 638 valence electrons. The van der Waals surface area contributed by atoms with Crippen molar-refractivity contribution in [3.05, 3.63) is 480 Å². The zero-order valence-corrected chi connectivity index (χ0v) is 75.1. The minimum atomic E-state index is -0.168. The van der Waals surface area contributed by atoms with Crippen molar-refractivity contribution in [2.45, 2.75) is 57.8 Å². The summed E-state index contributed by atoms with van der Waals surface area (Å²) >= 11 is 0. The topological polar surface area (TPSA) is 129 Å². The third-order valence-corrected chi connectivity index (χ3v) is 26.3. The maximum Gasteiger partial charge on any atom is 0.195 e. The van der Waals surface area contributed by atoms with E-state index in [0.717, 1.165) is 134 Å². The van der Waals surface area contributed by atoms with E-state index in [0.29, 0.717) is 69.5 Å². The zero-order chi connectivity index (χ0) is 91.9. The van der Waals surface area contributed by atoms with E-state index in [1.165, 1.54) is 38.9 Å². The van der Waals surface area contributed by atoms with Crippen LogP contribution in [0.4, 0.5) is 17.1 Å². The Balaban J connectivity index is 0.000000122. The van der Waals surface area contributed by atoms with E-state index in [1.54, 1.807) is 0 Å². The number of hydrogen-bond acceptors (Lipinski definition) is 9. The van der Waals surface area contributed by atoms with Crippen molar-refractivity contribution in [3.63, 3.8) is 0 Å². The number of rotatable bonds is 14. The summed E-state index contributed by atoms with van der Waals surface area (Å²) in [5.74, 6) is 5.65. The predicted molar refractivity (Wildman–Crippen MR) is 547 cm³/mol. The van der Waals surface area contributed by atoms with Crippen LogP contribution in [-0.2, 0) is 16.2 Å². The van der Waals surface area contributed by atoms with Crippen molar-refractivity contribution in [1.82, 2.24) is 44.9 Å². The van der Waals surface area contributed by atoms with Gasteiger partial charge in [-0.25, -0.2) is 59.4 Å². The molecule has 23 rings (SSSR count). The van der Waals surface area contributed by atoms with Gasteiger partial charge in [-0.15, -0.1) is 0 Å². The molecule has 0 amide bonds. The molecule has 3 heterocycles. The first kappa shape index (κ1) is 84.1. The predicted octanol–water partition coefficient (Wildman–Crippen LogP) is 31.5. The van der Waals surface area contributed by atoms with Crippen LogP contribution >= 0.6 is 0 Å². The van der Waals surface area contributed by atoms with Crippen LogP contribution in [0.5, 0.6) is 0 Å². The third-order valence-electron chi connectivity index (χ3n) is 26.3. The average molecular weight is 1730 g/mol. The van der Waals surface area contributed by atoms with E-state index < -0.39 is 0 Å². The summed E-state index contributed by atoms with van der Waals surface area (Å²) in [6.07, 6.45) is 0. The van der Waals surface area contributed by atoms with Gasteiger partial charge in [0, 0.05) is 66.3 Å². The molecule has 0 radical (unpaired) electrons. The first-order valence-electron chi connectivity index (χ1n) is 45.1. The molecule has 12 nitrogen and oxygen atoms in total. The van der Waals surface area contributed by atoms with Crippen molar-refractivity contribution in [3.8, 4) is 192 Å². The third kappa shape index (κ3) is 16.1. The highest BCUT2D eigenvalue weighted by Crippen LogP contribution is 2.57. The van der Waals surface area contributed by atoms with Crippen LogP contribution in [0, 0.1) is 19.7 Å². The van der Waals surface area contributed by atoms with Crippen LogP contribution in [0.2, 0.25) is 0 Å². The van der Waals surface area contributed by atoms with E-state index in [4.69, 9.17) is 64.6 Å². The molecule has 0 bridgehead atoms. The van der Waals surface area contributed by atoms with Gasteiger partial charge in [-0.2, -0.15) is 0 Å². The van der Waals surface area contributed by atoms with Crippen LogP contribution in [0.15, 0.2) is 413 Å². The molecule has 135 heavy (non-hydrogen) atoms. The van der Waals surface area contributed by atoms with E-state index >= 15 is 0 Å². The molecule has 0 saturated carbocycles. The lowest BCUT2D eigenvalue weighted by atomic mass is 9.82. The van der Waals surface area contributed by atoms with Crippen LogP contribution < -0.4 is 0 Å². The molecule has 12 heteroatoms. The molecule has 3 aliphatic rings. The molecule has 3 aliphatic carbocycles. The maximum absolute atomic E-state index is 7.84. The molecule has 0 N–H and O–H groups in total. The Hall–Kier alpha value is -17.8. The van der Waals surface area contributed by atoms with Gasteiger partial charge in [0.25, 0.3) is 0 Å². The minimum absolute atomic E-state index is 0.154. The SMILES string of the molecule is [C-]#[N+]c1cccc2c1-c1cc(-c3cccc(-c4nc(-c5ccccc5)nc(-c5ccc(-c6ccccc6)cc5)n4)c3)ccc1C2(C)C.[C-]#[N+]c1cccc2c1-c1cc(-c3cccc(-c4nc(-c5ccccc5)nc(-c5cccc(-c6ccccc6)c5)n4)c3)ccc1C2(C)C.[C-]#[N+]c1cccc2c1-c1cc(-c3cccc(-c4nc(-c5ccccc5)nc(-c5ccccc5)n4)c3)ccc1C2(C)C. The van der Waals surface area contributed by atoms with Gasteiger partial charge in [-0.05, 0) is 165 Å².